The Balaban J connectivity index is 2.25. The molecule has 1 fully saturated rings. The number of hydrogen-bond donors (Lipinski definition) is 3. The van der Waals surface area contributed by atoms with Crippen LogP contribution in [0.5, 0.6) is 0 Å². The van der Waals surface area contributed by atoms with Gasteiger partial charge in [0.15, 0.2) is 0 Å². The Morgan fingerprint density at radius 2 is 2.43 bits per heavy atom. The van der Waals surface area contributed by atoms with Crippen molar-refractivity contribution in [2.75, 3.05) is 13.1 Å². The molecule has 1 saturated heterocycles. The zero-order chi connectivity index (χ0) is 5.11. The van der Waals surface area contributed by atoms with Crippen LogP contribution < -0.4 is 16.5 Å². The van der Waals surface area contributed by atoms with E-state index in [1.807, 2.05) is 0 Å². The third-order valence-electron chi connectivity index (χ3n) is 0.709. The molecule has 0 aromatic carbocycles. The van der Waals surface area contributed by atoms with Crippen molar-refractivity contribution in [2.24, 2.45) is 0 Å². The lowest BCUT2D eigenvalue weighted by atomic mass is 10.7. The lowest BCUT2D eigenvalue weighted by molar-refractivity contribution is -0.626. The second kappa shape index (κ2) is 1.85. The Morgan fingerprint density at radius 3 is 2.71 bits per heavy atom. The number of nitrogens with one attached hydrogen (secondary N) is 3. The minimum absolute atomic E-state index is 0.479. The Morgan fingerprint density at radius 1 is 1.57 bits per heavy atom. The molecule has 1 heterocycles. The predicted molar refractivity (Wildman–Crippen MR) is 22.8 cm³/mol. The van der Waals surface area contributed by atoms with E-state index < -0.39 is 0 Å². The highest BCUT2D eigenvalue weighted by molar-refractivity contribution is 4.33. The molecule has 0 spiro atoms. The summed E-state index contributed by atoms with van der Waals surface area (Å²) in [6, 6.07) is 0. The molecule has 1 aliphatic heterocycles. The summed E-state index contributed by atoms with van der Waals surface area (Å²) in [6.07, 6.45) is 0. The number of rotatable bonds is 0. The van der Waals surface area contributed by atoms with Gasteiger partial charge in [-0.15, -0.1) is 5.53 Å². The summed E-state index contributed by atoms with van der Waals surface area (Å²) >= 11 is 0. The van der Waals surface area contributed by atoms with Crippen LogP contribution in [-0.4, -0.2) is 18.0 Å². The smallest absolute Gasteiger partial charge is 0.229 e. The zero-order valence-corrected chi connectivity index (χ0v) is 3.77. The molecule has 0 saturated carbocycles. The first-order valence-electron chi connectivity index (χ1n) is 2.08. The molecule has 0 aliphatic carbocycles. The van der Waals surface area contributed by atoms with E-state index in [-0.39, 0.29) is 0 Å². The van der Waals surface area contributed by atoms with Crippen LogP contribution in [0.1, 0.15) is 0 Å². The minimum Gasteiger partial charge on any atom is -0.229 e. The molecular weight excluding hydrogens is 96.0 g/mol. The summed E-state index contributed by atoms with van der Waals surface area (Å²) in [7, 11) is 0. The molecule has 5 nitrogen and oxygen atoms in total. The highest BCUT2D eigenvalue weighted by Gasteiger charge is 2.09. The Kier molecular flexibility index (Phi) is 1.19. The molecule has 0 atom stereocenters. The third kappa shape index (κ3) is 1.09. The van der Waals surface area contributed by atoms with E-state index >= 15 is 0 Å². The number of nitrogens with zero attached hydrogens (tertiary/aromatic N) is 1. The van der Waals surface area contributed by atoms with Gasteiger partial charge in [0.1, 0.15) is 4.87 Å². The van der Waals surface area contributed by atoms with E-state index in [4.69, 9.17) is 0 Å². The largest absolute Gasteiger partial charge is 0.240 e. The quantitative estimate of drug-likeness (QED) is 0.320. The summed E-state index contributed by atoms with van der Waals surface area (Å²) < 4.78 is 0. The first kappa shape index (κ1) is 4.48. The number of nitroso groups, excluding NO2 is 1. The van der Waals surface area contributed by atoms with Gasteiger partial charge in [-0.25, -0.2) is 5.43 Å². The van der Waals surface area contributed by atoms with Gasteiger partial charge in [-0.3, -0.25) is 0 Å². The van der Waals surface area contributed by atoms with E-state index in [9.17, 15) is 4.91 Å². The summed E-state index contributed by atoms with van der Waals surface area (Å²) in [6.45, 7) is 1.16. The van der Waals surface area contributed by atoms with Crippen LogP contribution in [0.2, 0.25) is 0 Å². The van der Waals surface area contributed by atoms with Crippen molar-refractivity contribution in [3.05, 3.63) is 4.91 Å². The fraction of sp³-hybridized carbons (Fsp3) is 1.00. The Labute approximate surface area is 40.6 Å². The SMILES string of the molecule is O=[N+]1CCNNN1. The third-order valence-corrected chi connectivity index (χ3v) is 0.709. The van der Waals surface area contributed by atoms with Crippen molar-refractivity contribution >= 4 is 0 Å². The summed E-state index contributed by atoms with van der Waals surface area (Å²) in [5.74, 6) is 0. The predicted octanol–water partition coefficient (Wildman–Crippen LogP) is -1.71. The van der Waals surface area contributed by atoms with E-state index in [2.05, 4.69) is 16.5 Å². The molecule has 5 heteroatoms. The van der Waals surface area contributed by atoms with Gasteiger partial charge in [0.25, 0.3) is 0 Å². The average molecular weight is 103 g/mol. The summed E-state index contributed by atoms with van der Waals surface area (Å²) in [4.78, 5) is 10.9. The Bertz CT molecular complexity index is 73.8. The van der Waals surface area contributed by atoms with Crippen LogP contribution in [0.3, 0.4) is 0 Å². The minimum atomic E-state index is 0.479. The van der Waals surface area contributed by atoms with Gasteiger partial charge in [-0.1, -0.05) is 5.53 Å². The van der Waals surface area contributed by atoms with Crippen LogP contribution in [0.25, 0.3) is 0 Å². The fourth-order valence-electron chi connectivity index (χ4n) is 0.378. The Hall–Kier alpha value is -0.680. The van der Waals surface area contributed by atoms with Crippen LogP contribution >= 0.6 is 0 Å². The van der Waals surface area contributed by atoms with Crippen LogP contribution in [-0.2, 0) is 0 Å². The maximum atomic E-state index is 10.2. The van der Waals surface area contributed by atoms with Crippen molar-refractivity contribution in [3.8, 4) is 0 Å². The zero-order valence-electron chi connectivity index (χ0n) is 3.77. The van der Waals surface area contributed by atoms with Crippen LogP contribution in [0.4, 0.5) is 0 Å². The molecule has 0 aromatic heterocycles. The highest BCUT2D eigenvalue weighted by atomic mass is 16.3. The first-order valence-corrected chi connectivity index (χ1v) is 2.08. The van der Waals surface area contributed by atoms with Gasteiger partial charge < -0.3 is 0 Å². The topological polar surface area (TPSA) is 56.2 Å². The standard InChI is InChI=1S/C2H7N4O/c7-6-2-1-3-4-5-6/h4H,1-2H2,(H2,3,5,7)/q+1. The molecule has 40 valence electrons. The lowest BCUT2D eigenvalue weighted by Crippen LogP contribution is -2.55. The van der Waals surface area contributed by atoms with E-state index in [0.29, 0.717) is 13.1 Å². The second-order valence-corrected chi connectivity index (χ2v) is 1.27. The average Bonchev–Trinajstić information content (AvgIpc) is 1.69. The molecule has 0 amide bonds. The lowest BCUT2D eigenvalue weighted by Gasteiger charge is -2.05. The van der Waals surface area contributed by atoms with Gasteiger partial charge >= 0.3 is 0 Å². The first-order chi connectivity index (χ1) is 3.39. The molecule has 0 aromatic rings. The molecule has 0 bridgehead atoms. The van der Waals surface area contributed by atoms with Crippen molar-refractivity contribution in [1.29, 1.82) is 0 Å². The number of hydrazine groups is 3. The molecule has 3 N–H and O–H groups in total. The van der Waals surface area contributed by atoms with Crippen molar-refractivity contribution < 1.29 is 4.87 Å². The van der Waals surface area contributed by atoms with Gasteiger partial charge in [0, 0.05) is 0 Å². The molecule has 1 aliphatic rings. The van der Waals surface area contributed by atoms with E-state index in [1.54, 1.807) is 0 Å². The van der Waals surface area contributed by atoms with Crippen molar-refractivity contribution in [1.82, 2.24) is 16.5 Å². The maximum Gasteiger partial charge on any atom is 0.240 e. The molecule has 0 radical (unpaired) electrons. The highest BCUT2D eigenvalue weighted by Crippen LogP contribution is 1.64. The molecule has 1 rings (SSSR count). The fourth-order valence-corrected chi connectivity index (χ4v) is 0.378. The number of hydrogen-bond acceptors (Lipinski definition) is 3. The normalized spacial score (nSPS) is 21.4. The van der Waals surface area contributed by atoms with Gasteiger partial charge in [-0.05, 0) is 0 Å². The summed E-state index contributed by atoms with van der Waals surface area (Å²) in [5.41, 5.74) is 7.46. The maximum absolute atomic E-state index is 10.2. The monoisotopic (exact) mass is 103 g/mol. The van der Waals surface area contributed by atoms with Gasteiger partial charge in [0.2, 0.25) is 6.54 Å². The molecule has 0 unspecified atom stereocenters. The second-order valence-electron chi connectivity index (χ2n) is 1.27. The van der Waals surface area contributed by atoms with Crippen LogP contribution in [0, 0.1) is 4.91 Å². The molecular formula is C2H7N4O+. The van der Waals surface area contributed by atoms with Crippen molar-refractivity contribution in [2.45, 2.75) is 0 Å². The van der Waals surface area contributed by atoms with E-state index in [0.717, 1.165) is 4.87 Å². The van der Waals surface area contributed by atoms with E-state index in [1.165, 1.54) is 0 Å². The van der Waals surface area contributed by atoms with Crippen molar-refractivity contribution in [3.63, 3.8) is 0 Å². The van der Waals surface area contributed by atoms with Gasteiger partial charge in [0.05, 0.1) is 11.5 Å². The summed E-state index contributed by atoms with van der Waals surface area (Å²) in [5, 5.41) is 0. The van der Waals surface area contributed by atoms with Crippen LogP contribution in [0.15, 0.2) is 0 Å². The molecule has 7 heavy (non-hydrogen) atoms. The van der Waals surface area contributed by atoms with Gasteiger partial charge in [-0.2, -0.15) is 0 Å².